The first kappa shape index (κ1) is 18.0. The van der Waals surface area contributed by atoms with Crippen LogP contribution in [-0.4, -0.2) is 41.8 Å². The molecule has 1 heterocycles. The summed E-state index contributed by atoms with van der Waals surface area (Å²) in [6.07, 6.45) is 7.38. The highest BCUT2D eigenvalue weighted by Crippen LogP contribution is 2.39. The number of likely N-dealkylation sites (tertiary alicyclic amines) is 1. The molecule has 4 heteroatoms. The average molecular weight is 352 g/mol. The second-order valence-electron chi connectivity index (χ2n) is 7.51. The van der Waals surface area contributed by atoms with E-state index in [9.17, 15) is 5.11 Å². The molecule has 0 amide bonds. The molecule has 1 saturated carbocycles. The fourth-order valence-corrected chi connectivity index (χ4v) is 4.64. The van der Waals surface area contributed by atoms with Crippen LogP contribution in [0.3, 0.4) is 0 Å². The molecule has 0 radical (unpaired) electrons. The van der Waals surface area contributed by atoms with Gasteiger partial charge in [0.1, 0.15) is 5.75 Å². The van der Waals surface area contributed by atoms with Crippen LogP contribution in [0.2, 0.25) is 5.02 Å². The van der Waals surface area contributed by atoms with Gasteiger partial charge in [-0.05, 0) is 87.7 Å². The highest BCUT2D eigenvalue weighted by atomic mass is 35.5. The predicted molar refractivity (Wildman–Crippen MR) is 99.0 cm³/mol. The molecule has 1 N–H and O–H groups in total. The van der Waals surface area contributed by atoms with Crippen molar-refractivity contribution >= 4 is 11.6 Å². The summed E-state index contributed by atoms with van der Waals surface area (Å²) in [4.78, 5) is 2.64. The minimum atomic E-state index is -0.400. The van der Waals surface area contributed by atoms with E-state index >= 15 is 0 Å². The molecule has 0 unspecified atom stereocenters. The molecule has 1 saturated heterocycles. The molecule has 1 aliphatic heterocycles. The van der Waals surface area contributed by atoms with Gasteiger partial charge in [0.05, 0.1) is 12.7 Å². The molecular formula is C20H30ClNO2. The van der Waals surface area contributed by atoms with Gasteiger partial charge < -0.3 is 14.7 Å². The Hall–Kier alpha value is -0.770. The normalized spacial score (nSPS) is 29.6. The van der Waals surface area contributed by atoms with E-state index in [4.69, 9.17) is 16.3 Å². The number of methoxy groups -OCH3 is 1. The van der Waals surface area contributed by atoms with Crippen molar-refractivity contribution in [1.29, 1.82) is 0 Å². The third kappa shape index (κ3) is 3.89. The van der Waals surface area contributed by atoms with E-state index in [1.165, 1.54) is 5.56 Å². The van der Waals surface area contributed by atoms with E-state index in [1.54, 1.807) is 7.11 Å². The number of aliphatic hydroxyl groups is 1. The molecule has 3 nitrogen and oxygen atoms in total. The Balaban J connectivity index is 1.58. The van der Waals surface area contributed by atoms with Crippen LogP contribution in [0.5, 0.6) is 5.75 Å². The van der Waals surface area contributed by atoms with Crippen LogP contribution >= 0.6 is 11.6 Å². The number of rotatable bonds is 4. The minimum absolute atomic E-state index is 0.400. The SMILES string of the molecule is CCC1(O)CCC(N2CCC(c3cc(Cl)ccc3OC)CC2)CC1. The third-order valence-electron chi connectivity index (χ3n) is 6.22. The van der Waals surface area contributed by atoms with Crippen molar-refractivity contribution in [3.05, 3.63) is 28.8 Å². The quantitative estimate of drug-likeness (QED) is 0.859. The Bertz CT molecular complexity index is 547. The van der Waals surface area contributed by atoms with Crippen molar-refractivity contribution in [3.8, 4) is 5.75 Å². The summed E-state index contributed by atoms with van der Waals surface area (Å²) in [6.45, 7) is 4.37. The maximum atomic E-state index is 10.4. The molecule has 2 aliphatic rings. The first-order valence-electron chi connectivity index (χ1n) is 9.34. The van der Waals surface area contributed by atoms with Gasteiger partial charge in [-0.25, -0.2) is 0 Å². The molecule has 1 aromatic rings. The van der Waals surface area contributed by atoms with Gasteiger partial charge in [0.15, 0.2) is 0 Å². The summed E-state index contributed by atoms with van der Waals surface area (Å²) in [5.74, 6) is 1.49. The minimum Gasteiger partial charge on any atom is -0.496 e. The third-order valence-corrected chi connectivity index (χ3v) is 6.46. The number of nitrogens with zero attached hydrogens (tertiary/aromatic N) is 1. The molecule has 1 aromatic carbocycles. The Morgan fingerprint density at radius 1 is 1.21 bits per heavy atom. The second kappa shape index (κ2) is 7.63. The lowest BCUT2D eigenvalue weighted by Gasteiger charge is -2.43. The van der Waals surface area contributed by atoms with Gasteiger partial charge in [-0.1, -0.05) is 18.5 Å². The smallest absolute Gasteiger partial charge is 0.122 e. The molecular weight excluding hydrogens is 322 g/mol. The average Bonchev–Trinajstić information content (AvgIpc) is 2.62. The van der Waals surface area contributed by atoms with E-state index in [0.717, 1.165) is 68.8 Å². The number of ether oxygens (including phenoxy) is 1. The van der Waals surface area contributed by atoms with E-state index in [0.29, 0.717) is 12.0 Å². The zero-order valence-electron chi connectivity index (χ0n) is 14.9. The zero-order chi connectivity index (χ0) is 17.2. The molecule has 0 bridgehead atoms. The topological polar surface area (TPSA) is 32.7 Å². The maximum Gasteiger partial charge on any atom is 0.122 e. The molecule has 24 heavy (non-hydrogen) atoms. The summed E-state index contributed by atoms with van der Waals surface area (Å²) < 4.78 is 5.53. The molecule has 0 atom stereocenters. The molecule has 3 rings (SSSR count). The van der Waals surface area contributed by atoms with Crippen LogP contribution in [-0.2, 0) is 0 Å². The van der Waals surface area contributed by atoms with Gasteiger partial charge in [-0.3, -0.25) is 0 Å². The van der Waals surface area contributed by atoms with Crippen molar-refractivity contribution in [2.24, 2.45) is 0 Å². The van der Waals surface area contributed by atoms with Gasteiger partial charge in [-0.2, -0.15) is 0 Å². The van der Waals surface area contributed by atoms with E-state index < -0.39 is 5.60 Å². The van der Waals surface area contributed by atoms with Gasteiger partial charge in [0, 0.05) is 11.1 Å². The molecule has 1 aliphatic carbocycles. The van der Waals surface area contributed by atoms with E-state index in [2.05, 4.69) is 17.9 Å². The largest absolute Gasteiger partial charge is 0.496 e. The molecule has 0 aromatic heterocycles. The number of halogens is 1. The Kier molecular flexibility index (Phi) is 5.74. The van der Waals surface area contributed by atoms with Gasteiger partial charge >= 0.3 is 0 Å². The number of hydrogen-bond donors (Lipinski definition) is 1. The number of benzene rings is 1. The van der Waals surface area contributed by atoms with Gasteiger partial charge in [0.2, 0.25) is 0 Å². The van der Waals surface area contributed by atoms with Crippen LogP contribution in [0.15, 0.2) is 18.2 Å². The van der Waals surface area contributed by atoms with Crippen molar-refractivity contribution < 1.29 is 9.84 Å². The summed E-state index contributed by atoms with van der Waals surface area (Å²) in [5.41, 5.74) is 0.858. The van der Waals surface area contributed by atoms with E-state index in [-0.39, 0.29) is 0 Å². The fourth-order valence-electron chi connectivity index (χ4n) is 4.46. The molecule has 0 spiro atoms. The van der Waals surface area contributed by atoms with Gasteiger partial charge in [0.25, 0.3) is 0 Å². The predicted octanol–water partition coefficient (Wildman–Crippen LogP) is 4.61. The Morgan fingerprint density at radius 3 is 2.46 bits per heavy atom. The zero-order valence-corrected chi connectivity index (χ0v) is 15.7. The van der Waals surface area contributed by atoms with Crippen molar-refractivity contribution in [1.82, 2.24) is 4.90 Å². The summed E-state index contributed by atoms with van der Waals surface area (Å²) >= 11 is 6.19. The monoisotopic (exact) mass is 351 g/mol. The maximum absolute atomic E-state index is 10.4. The summed E-state index contributed by atoms with van der Waals surface area (Å²) in [5, 5.41) is 11.2. The van der Waals surface area contributed by atoms with E-state index in [1.807, 2.05) is 12.1 Å². The first-order chi connectivity index (χ1) is 11.5. The second-order valence-corrected chi connectivity index (χ2v) is 7.94. The van der Waals surface area contributed by atoms with Crippen molar-refractivity contribution in [2.75, 3.05) is 20.2 Å². The highest BCUT2D eigenvalue weighted by molar-refractivity contribution is 6.30. The molecule has 134 valence electrons. The summed E-state index contributed by atoms with van der Waals surface area (Å²) in [6, 6.07) is 6.61. The van der Waals surface area contributed by atoms with Crippen molar-refractivity contribution in [3.63, 3.8) is 0 Å². The van der Waals surface area contributed by atoms with Crippen LogP contribution in [0, 0.1) is 0 Å². The van der Waals surface area contributed by atoms with Crippen LogP contribution in [0.25, 0.3) is 0 Å². The summed E-state index contributed by atoms with van der Waals surface area (Å²) in [7, 11) is 1.73. The highest BCUT2D eigenvalue weighted by Gasteiger charge is 2.35. The standard InChI is InChI=1S/C20H30ClNO2/c1-3-20(23)10-6-17(7-11-20)22-12-8-15(9-13-22)18-14-16(21)4-5-19(18)24-2/h4-5,14-15,17,23H,3,6-13H2,1-2H3. The lowest BCUT2D eigenvalue weighted by Crippen LogP contribution is -2.46. The number of hydrogen-bond acceptors (Lipinski definition) is 3. The Morgan fingerprint density at radius 2 is 1.88 bits per heavy atom. The Labute approximate surface area is 150 Å². The molecule has 2 fully saturated rings. The lowest BCUT2D eigenvalue weighted by molar-refractivity contribution is -0.0262. The first-order valence-corrected chi connectivity index (χ1v) is 9.72. The van der Waals surface area contributed by atoms with Gasteiger partial charge in [-0.15, -0.1) is 0 Å². The van der Waals surface area contributed by atoms with Crippen LogP contribution in [0.4, 0.5) is 0 Å². The lowest BCUT2D eigenvalue weighted by atomic mass is 9.79. The number of piperidine rings is 1. The van der Waals surface area contributed by atoms with Crippen LogP contribution in [0.1, 0.15) is 63.4 Å². The van der Waals surface area contributed by atoms with Crippen LogP contribution < -0.4 is 4.74 Å². The fraction of sp³-hybridized carbons (Fsp3) is 0.700. The van der Waals surface area contributed by atoms with Crippen molar-refractivity contribution in [2.45, 2.75) is 69.4 Å².